The molecule has 7 heteroatoms. The molecule has 0 fully saturated rings. The van der Waals surface area contributed by atoms with Gasteiger partial charge in [0.05, 0.1) is 17.6 Å². The van der Waals surface area contributed by atoms with Crippen LogP contribution in [0.5, 0.6) is 0 Å². The maximum absolute atomic E-state index is 13.1. The normalized spacial score (nSPS) is 11.4. The molecule has 0 amide bonds. The zero-order valence-electron chi connectivity index (χ0n) is 13.4. The Kier molecular flexibility index (Phi) is 5.45. The zero-order chi connectivity index (χ0) is 17.6. The minimum Gasteiger partial charge on any atom is -0.276 e. The maximum atomic E-state index is 13.1. The van der Waals surface area contributed by atoms with Gasteiger partial charge in [-0.2, -0.15) is 9.49 Å². The van der Waals surface area contributed by atoms with E-state index in [1.54, 1.807) is 19.3 Å². The van der Waals surface area contributed by atoms with Crippen LogP contribution in [0.15, 0.2) is 64.7 Å². The average molecular weight is 400 g/mol. The summed E-state index contributed by atoms with van der Waals surface area (Å²) in [7, 11) is 0. The molecule has 3 heterocycles. The van der Waals surface area contributed by atoms with E-state index in [1.165, 1.54) is 12.3 Å². The van der Waals surface area contributed by atoms with Crippen molar-refractivity contribution in [1.29, 1.82) is 0 Å². The number of nitrogens with one attached hydrogen (secondary N) is 1. The second kappa shape index (κ2) is 7.94. The highest BCUT2D eigenvalue weighted by Gasteiger charge is 2.08. The van der Waals surface area contributed by atoms with Crippen LogP contribution < -0.4 is 5.43 Å². The van der Waals surface area contributed by atoms with Crippen LogP contribution in [-0.2, 0) is 6.42 Å². The van der Waals surface area contributed by atoms with Crippen molar-refractivity contribution in [3.8, 4) is 0 Å². The summed E-state index contributed by atoms with van der Waals surface area (Å²) < 4.78 is 13.9. The predicted molar refractivity (Wildman–Crippen MR) is 99.0 cm³/mol. The lowest BCUT2D eigenvalue weighted by Crippen LogP contribution is -2.10. The van der Waals surface area contributed by atoms with Crippen molar-refractivity contribution in [3.63, 3.8) is 0 Å². The SMILES string of the molecule is Cc1cc(F)ncc1NN=C(Cc1ccccn1)c1ccnc(Br)c1. The summed E-state index contributed by atoms with van der Waals surface area (Å²) in [6, 6.07) is 10.9. The van der Waals surface area contributed by atoms with E-state index in [0.29, 0.717) is 12.1 Å². The van der Waals surface area contributed by atoms with Crippen LogP contribution >= 0.6 is 15.9 Å². The minimum absolute atomic E-state index is 0.515. The van der Waals surface area contributed by atoms with E-state index in [-0.39, 0.29) is 0 Å². The molecule has 0 unspecified atom stereocenters. The molecule has 0 aliphatic heterocycles. The number of nitrogens with zero attached hydrogens (tertiary/aromatic N) is 4. The van der Waals surface area contributed by atoms with Crippen molar-refractivity contribution in [3.05, 3.63) is 82.4 Å². The fourth-order valence-electron chi connectivity index (χ4n) is 2.23. The van der Waals surface area contributed by atoms with Gasteiger partial charge in [-0.1, -0.05) is 6.07 Å². The average Bonchev–Trinajstić information content (AvgIpc) is 2.61. The Morgan fingerprint density at radius 3 is 2.76 bits per heavy atom. The Labute approximate surface area is 153 Å². The van der Waals surface area contributed by atoms with Gasteiger partial charge in [0.15, 0.2) is 0 Å². The van der Waals surface area contributed by atoms with E-state index in [1.807, 2.05) is 30.3 Å². The van der Waals surface area contributed by atoms with Crippen molar-refractivity contribution in [2.45, 2.75) is 13.3 Å². The quantitative estimate of drug-likeness (QED) is 0.397. The first kappa shape index (κ1) is 17.2. The lowest BCUT2D eigenvalue weighted by atomic mass is 10.1. The monoisotopic (exact) mass is 399 g/mol. The highest BCUT2D eigenvalue weighted by Crippen LogP contribution is 2.16. The van der Waals surface area contributed by atoms with Crippen LogP contribution in [0.4, 0.5) is 10.1 Å². The Hall–Kier alpha value is -2.67. The number of anilines is 1. The van der Waals surface area contributed by atoms with Gasteiger partial charge in [0.25, 0.3) is 0 Å². The summed E-state index contributed by atoms with van der Waals surface area (Å²) in [6.07, 6.45) is 5.42. The molecule has 0 saturated heterocycles. The Bertz CT molecular complexity index is 899. The summed E-state index contributed by atoms with van der Waals surface area (Å²) in [5.41, 5.74) is 6.93. The topological polar surface area (TPSA) is 63.1 Å². The molecule has 0 aliphatic carbocycles. The molecule has 0 aliphatic rings. The third kappa shape index (κ3) is 4.67. The number of halogens is 2. The molecule has 5 nitrogen and oxygen atoms in total. The van der Waals surface area contributed by atoms with Gasteiger partial charge in [0, 0.05) is 30.1 Å². The van der Waals surface area contributed by atoms with Gasteiger partial charge >= 0.3 is 0 Å². The zero-order valence-corrected chi connectivity index (χ0v) is 15.0. The lowest BCUT2D eigenvalue weighted by Gasteiger charge is -2.09. The third-order valence-electron chi connectivity index (χ3n) is 3.52. The number of hydrazone groups is 1. The van der Waals surface area contributed by atoms with Gasteiger partial charge in [0.2, 0.25) is 5.95 Å². The lowest BCUT2D eigenvalue weighted by molar-refractivity contribution is 0.583. The molecule has 3 aromatic heterocycles. The first-order chi connectivity index (χ1) is 12.1. The molecular formula is C18H15BrFN5. The molecule has 25 heavy (non-hydrogen) atoms. The molecular weight excluding hydrogens is 385 g/mol. The number of pyridine rings is 3. The number of aromatic nitrogens is 3. The van der Waals surface area contributed by atoms with E-state index < -0.39 is 5.95 Å². The molecule has 0 spiro atoms. The van der Waals surface area contributed by atoms with E-state index in [9.17, 15) is 4.39 Å². The van der Waals surface area contributed by atoms with Crippen LogP contribution in [0.2, 0.25) is 0 Å². The van der Waals surface area contributed by atoms with Gasteiger partial charge in [-0.05, 0) is 58.7 Å². The van der Waals surface area contributed by atoms with Crippen LogP contribution in [0, 0.1) is 12.9 Å². The molecule has 0 atom stereocenters. The number of aryl methyl sites for hydroxylation is 1. The third-order valence-corrected chi connectivity index (χ3v) is 3.96. The number of hydrogen-bond donors (Lipinski definition) is 1. The molecule has 0 aromatic carbocycles. The summed E-state index contributed by atoms with van der Waals surface area (Å²) >= 11 is 3.38. The fourth-order valence-corrected chi connectivity index (χ4v) is 2.59. The summed E-state index contributed by atoms with van der Waals surface area (Å²) in [4.78, 5) is 12.2. The van der Waals surface area contributed by atoms with Crippen LogP contribution in [0.25, 0.3) is 0 Å². The molecule has 3 aromatic rings. The van der Waals surface area contributed by atoms with E-state index in [4.69, 9.17) is 0 Å². The van der Waals surface area contributed by atoms with E-state index in [2.05, 4.69) is 41.4 Å². The van der Waals surface area contributed by atoms with Crippen molar-refractivity contribution >= 4 is 27.3 Å². The number of hydrogen-bond acceptors (Lipinski definition) is 5. The standard InChI is InChI=1S/C18H15BrFN5/c1-12-8-18(20)23-11-16(12)25-24-15(10-14-4-2-3-6-21-14)13-5-7-22-17(19)9-13/h2-9,11,25H,10H2,1H3. The molecule has 0 saturated carbocycles. The van der Waals surface area contributed by atoms with Crippen LogP contribution in [-0.4, -0.2) is 20.7 Å². The smallest absolute Gasteiger partial charge is 0.213 e. The minimum atomic E-state index is -0.515. The Morgan fingerprint density at radius 1 is 1.16 bits per heavy atom. The molecule has 0 radical (unpaired) electrons. The van der Waals surface area contributed by atoms with Gasteiger partial charge in [0.1, 0.15) is 4.60 Å². The first-order valence-corrected chi connectivity index (χ1v) is 8.37. The molecule has 1 N–H and O–H groups in total. The summed E-state index contributed by atoms with van der Waals surface area (Å²) in [5, 5.41) is 4.51. The summed E-state index contributed by atoms with van der Waals surface area (Å²) in [6.45, 7) is 1.80. The van der Waals surface area contributed by atoms with Crippen molar-refractivity contribution < 1.29 is 4.39 Å². The van der Waals surface area contributed by atoms with E-state index >= 15 is 0 Å². The highest BCUT2D eigenvalue weighted by molar-refractivity contribution is 9.10. The van der Waals surface area contributed by atoms with Crippen LogP contribution in [0.1, 0.15) is 16.8 Å². The molecule has 0 bridgehead atoms. The number of rotatable bonds is 5. The van der Waals surface area contributed by atoms with Gasteiger partial charge in [-0.25, -0.2) is 9.97 Å². The highest BCUT2D eigenvalue weighted by atomic mass is 79.9. The Morgan fingerprint density at radius 2 is 2.04 bits per heavy atom. The molecule has 3 rings (SSSR count). The van der Waals surface area contributed by atoms with Gasteiger partial charge in [-0.15, -0.1) is 0 Å². The van der Waals surface area contributed by atoms with Gasteiger partial charge in [-0.3, -0.25) is 10.4 Å². The fraction of sp³-hybridized carbons (Fsp3) is 0.111. The van der Waals surface area contributed by atoms with Gasteiger partial charge < -0.3 is 0 Å². The van der Waals surface area contributed by atoms with Crippen molar-refractivity contribution in [1.82, 2.24) is 15.0 Å². The second-order valence-electron chi connectivity index (χ2n) is 5.36. The van der Waals surface area contributed by atoms with Crippen molar-refractivity contribution in [2.75, 3.05) is 5.43 Å². The van der Waals surface area contributed by atoms with E-state index in [0.717, 1.165) is 27.1 Å². The molecule has 126 valence electrons. The summed E-state index contributed by atoms with van der Waals surface area (Å²) in [5.74, 6) is -0.515. The van der Waals surface area contributed by atoms with Crippen molar-refractivity contribution in [2.24, 2.45) is 5.10 Å². The second-order valence-corrected chi connectivity index (χ2v) is 6.17. The maximum Gasteiger partial charge on any atom is 0.213 e. The predicted octanol–water partition coefficient (Wildman–Crippen LogP) is 4.14. The largest absolute Gasteiger partial charge is 0.276 e. The Balaban J connectivity index is 1.92. The first-order valence-electron chi connectivity index (χ1n) is 7.58. The van der Waals surface area contributed by atoms with Crippen LogP contribution in [0.3, 0.4) is 0 Å².